The molecule has 1 saturated carbocycles. The number of aryl methyl sites for hydroxylation is 1. The van der Waals surface area contributed by atoms with E-state index in [0.717, 1.165) is 35.9 Å². The van der Waals surface area contributed by atoms with E-state index in [9.17, 15) is 4.79 Å². The van der Waals surface area contributed by atoms with Crippen molar-refractivity contribution in [3.05, 3.63) is 53.4 Å². The maximum absolute atomic E-state index is 12.4. The molecule has 154 valence electrons. The van der Waals surface area contributed by atoms with E-state index in [1.165, 1.54) is 49.7 Å². The SMILES string of the molecule is C=C1CC(=O)C(C)c2nc(NC3CCCCCC3)n(Cc3ccc(CC)cc3)c21. The third kappa shape index (κ3) is 4.17. The van der Waals surface area contributed by atoms with Crippen molar-refractivity contribution in [3.63, 3.8) is 0 Å². The number of hydrogen-bond acceptors (Lipinski definition) is 3. The molecular formula is C25H33N3O. The Balaban J connectivity index is 1.70. The van der Waals surface area contributed by atoms with Gasteiger partial charge in [-0.15, -0.1) is 0 Å². The zero-order valence-corrected chi connectivity index (χ0v) is 17.8. The number of allylic oxidation sites excluding steroid dienone is 1. The number of nitrogens with zero attached hydrogens (tertiary/aromatic N) is 2. The molecule has 1 unspecified atom stereocenters. The van der Waals surface area contributed by atoms with E-state index in [-0.39, 0.29) is 11.7 Å². The van der Waals surface area contributed by atoms with Crippen molar-refractivity contribution in [2.75, 3.05) is 5.32 Å². The molecule has 1 atom stereocenters. The van der Waals surface area contributed by atoms with Crippen LogP contribution in [-0.2, 0) is 17.8 Å². The minimum Gasteiger partial charge on any atom is -0.353 e. The minimum absolute atomic E-state index is 0.158. The van der Waals surface area contributed by atoms with E-state index >= 15 is 0 Å². The van der Waals surface area contributed by atoms with Crippen molar-refractivity contribution in [2.45, 2.75) is 83.7 Å². The third-order valence-corrected chi connectivity index (χ3v) is 6.57. The fourth-order valence-corrected chi connectivity index (χ4v) is 4.68. The van der Waals surface area contributed by atoms with Crippen molar-refractivity contribution in [2.24, 2.45) is 0 Å². The molecule has 4 nitrogen and oxygen atoms in total. The number of imidazole rings is 1. The van der Waals surface area contributed by atoms with E-state index in [0.29, 0.717) is 12.5 Å². The highest BCUT2D eigenvalue weighted by Crippen LogP contribution is 2.37. The largest absolute Gasteiger partial charge is 0.353 e. The van der Waals surface area contributed by atoms with Gasteiger partial charge in [0.25, 0.3) is 0 Å². The van der Waals surface area contributed by atoms with Gasteiger partial charge in [-0.05, 0) is 42.9 Å². The smallest absolute Gasteiger partial charge is 0.204 e. The number of carbonyl (C=O) groups is 1. The number of anilines is 1. The number of nitrogens with one attached hydrogen (secondary N) is 1. The van der Waals surface area contributed by atoms with Crippen molar-refractivity contribution in [1.82, 2.24) is 9.55 Å². The number of hydrogen-bond donors (Lipinski definition) is 1. The molecule has 1 aromatic carbocycles. The Kier molecular flexibility index (Phi) is 5.89. The first-order valence-electron chi connectivity index (χ1n) is 11.2. The topological polar surface area (TPSA) is 46.9 Å². The molecule has 2 aliphatic carbocycles. The zero-order chi connectivity index (χ0) is 20.4. The number of aromatic nitrogens is 2. The summed E-state index contributed by atoms with van der Waals surface area (Å²) in [5, 5.41) is 3.74. The Bertz CT molecular complexity index is 886. The Morgan fingerprint density at radius 1 is 1.10 bits per heavy atom. The van der Waals surface area contributed by atoms with Crippen molar-refractivity contribution in [1.29, 1.82) is 0 Å². The number of benzene rings is 1. The molecule has 1 heterocycles. The van der Waals surface area contributed by atoms with E-state index in [2.05, 4.69) is 47.7 Å². The lowest BCUT2D eigenvalue weighted by Crippen LogP contribution is -2.22. The average Bonchev–Trinajstić information content (AvgIpc) is 2.89. The molecule has 1 aromatic heterocycles. The molecule has 0 saturated heterocycles. The minimum atomic E-state index is -0.158. The van der Waals surface area contributed by atoms with Crippen molar-refractivity contribution >= 4 is 17.3 Å². The van der Waals surface area contributed by atoms with Gasteiger partial charge in [-0.1, -0.05) is 63.5 Å². The Labute approximate surface area is 174 Å². The van der Waals surface area contributed by atoms with Gasteiger partial charge in [-0.25, -0.2) is 4.98 Å². The van der Waals surface area contributed by atoms with Crippen LogP contribution in [0.25, 0.3) is 5.57 Å². The van der Waals surface area contributed by atoms with Gasteiger partial charge < -0.3 is 9.88 Å². The highest BCUT2D eigenvalue weighted by atomic mass is 16.1. The summed E-state index contributed by atoms with van der Waals surface area (Å²) in [6.07, 6.45) is 9.07. The zero-order valence-electron chi connectivity index (χ0n) is 17.8. The number of ketones is 1. The number of fused-ring (bicyclic) bond motifs is 1. The van der Waals surface area contributed by atoms with Crippen molar-refractivity contribution in [3.8, 4) is 0 Å². The second-order valence-electron chi connectivity index (χ2n) is 8.73. The van der Waals surface area contributed by atoms with E-state index < -0.39 is 0 Å². The summed E-state index contributed by atoms with van der Waals surface area (Å²) in [6.45, 7) is 9.15. The average molecular weight is 392 g/mol. The Morgan fingerprint density at radius 2 is 1.76 bits per heavy atom. The first-order chi connectivity index (χ1) is 14.1. The summed E-state index contributed by atoms with van der Waals surface area (Å²) in [5.74, 6) is 0.971. The summed E-state index contributed by atoms with van der Waals surface area (Å²) in [4.78, 5) is 17.4. The van der Waals surface area contributed by atoms with Crippen LogP contribution in [0.3, 0.4) is 0 Å². The molecule has 4 heteroatoms. The van der Waals surface area contributed by atoms with Crippen LogP contribution in [0.5, 0.6) is 0 Å². The fraction of sp³-hybridized carbons (Fsp3) is 0.520. The molecule has 0 radical (unpaired) electrons. The van der Waals surface area contributed by atoms with Gasteiger partial charge in [0, 0.05) is 12.5 Å². The molecule has 1 N–H and O–H groups in total. The molecular weight excluding hydrogens is 358 g/mol. The predicted molar refractivity (Wildman–Crippen MR) is 119 cm³/mol. The lowest BCUT2D eigenvalue weighted by molar-refractivity contribution is -0.119. The van der Waals surface area contributed by atoms with Gasteiger partial charge >= 0.3 is 0 Å². The molecule has 0 bridgehead atoms. The van der Waals surface area contributed by atoms with Crippen LogP contribution >= 0.6 is 0 Å². The lowest BCUT2D eigenvalue weighted by atomic mass is 9.87. The fourth-order valence-electron chi connectivity index (χ4n) is 4.68. The van der Waals surface area contributed by atoms with Crippen LogP contribution < -0.4 is 5.32 Å². The number of carbonyl (C=O) groups excluding carboxylic acids is 1. The van der Waals surface area contributed by atoms with Crippen LogP contribution in [0, 0.1) is 0 Å². The third-order valence-electron chi connectivity index (χ3n) is 6.57. The normalized spacial score (nSPS) is 20.4. The summed E-state index contributed by atoms with van der Waals surface area (Å²) in [6, 6.07) is 9.29. The van der Waals surface area contributed by atoms with Gasteiger partial charge in [0.1, 0.15) is 5.78 Å². The molecule has 0 spiro atoms. The van der Waals surface area contributed by atoms with Crippen LogP contribution in [0.2, 0.25) is 0 Å². The van der Waals surface area contributed by atoms with E-state index in [4.69, 9.17) is 4.98 Å². The summed E-state index contributed by atoms with van der Waals surface area (Å²) in [5.41, 5.74) is 5.46. The Morgan fingerprint density at radius 3 is 2.41 bits per heavy atom. The monoisotopic (exact) mass is 391 g/mol. The van der Waals surface area contributed by atoms with Crippen LogP contribution in [-0.4, -0.2) is 21.4 Å². The van der Waals surface area contributed by atoms with Crippen LogP contribution in [0.4, 0.5) is 5.95 Å². The standard InChI is InChI=1S/C25H33N3O/c1-4-19-11-13-20(14-12-19)16-28-24-17(2)15-22(29)18(3)23(24)27-25(28)26-21-9-7-5-6-8-10-21/h11-14,18,21H,2,4-10,15-16H2,1,3H3,(H,26,27). The second kappa shape index (κ2) is 8.56. The molecule has 2 aromatic rings. The van der Waals surface area contributed by atoms with Crippen LogP contribution in [0.1, 0.15) is 87.2 Å². The summed E-state index contributed by atoms with van der Waals surface area (Å²) in [7, 11) is 0. The van der Waals surface area contributed by atoms with E-state index in [1.54, 1.807) is 0 Å². The van der Waals surface area contributed by atoms with Crippen molar-refractivity contribution < 1.29 is 4.79 Å². The molecule has 2 aliphatic rings. The Hall–Kier alpha value is -2.36. The maximum atomic E-state index is 12.4. The highest BCUT2D eigenvalue weighted by molar-refractivity contribution is 5.98. The van der Waals surface area contributed by atoms with Gasteiger partial charge in [0.15, 0.2) is 0 Å². The van der Waals surface area contributed by atoms with Gasteiger partial charge in [0.05, 0.1) is 23.9 Å². The summed E-state index contributed by atoms with van der Waals surface area (Å²) >= 11 is 0. The number of Topliss-reactive ketones (excluding diaryl/α,β-unsaturated/α-hetero) is 1. The van der Waals surface area contributed by atoms with E-state index in [1.807, 2.05) is 6.92 Å². The molecule has 0 aliphatic heterocycles. The summed E-state index contributed by atoms with van der Waals surface area (Å²) < 4.78 is 2.27. The molecule has 0 amide bonds. The quantitative estimate of drug-likeness (QED) is 0.663. The maximum Gasteiger partial charge on any atom is 0.204 e. The van der Waals surface area contributed by atoms with Gasteiger partial charge in [-0.3, -0.25) is 4.79 Å². The number of rotatable bonds is 5. The predicted octanol–water partition coefficient (Wildman–Crippen LogP) is 5.72. The van der Waals surface area contributed by atoms with Crippen LogP contribution in [0.15, 0.2) is 30.8 Å². The second-order valence-corrected chi connectivity index (χ2v) is 8.73. The highest BCUT2D eigenvalue weighted by Gasteiger charge is 2.33. The first-order valence-corrected chi connectivity index (χ1v) is 11.2. The van der Waals surface area contributed by atoms with Gasteiger partial charge in [-0.2, -0.15) is 0 Å². The molecule has 1 fully saturated rings. The lowest BCUT2D eigenvalue weighted by Gasteiger charge is -2.22. The molecule has 4 rings (SSSR count). The first kappa shape index (κ1) is 19.9. The molecule has 29 heavy (non-hydrogen) atoms. The van der Waals surface area contributed by atoms with Gasteiger partial charge in [0.2, 0.25) is 5.95 Å².